The molecule has 0 aliphatic carbocycles. The molecule has 1 saturated heterocycles. The Balaban J connectivity index is 1.54. The Labute approximate surface area is 173 Å². The van der Waals surface area contributed by atoms with E-state index in [2.05, 4.69) is 0 Å². The molecule has 8 heteroatoms. The number of anilines is 1. The Hall–Kier alpha value is -3.26. The highest BCUT2D eigenvalue weighted by atomic mass is 19.1. The van der Waals surface area contributed by atoms with Crippen molar-refractivity contribution in [1.82, 2.24) is 9.80 Å². The summed E-state index contributed by atoms with van der Waals surface area (Å²) in [6.07, 6.45) is 0. The molecule has 0 aromatic heterocycles. The van der Waals surface area contributed by atoms with E-state index >= 15 is 0 Å². The molecular weight excluding hydrogens is 389 g/mol. The van der Waals surface area contributed by atoms with Crippen LogP contribution >= 0.6 is 0 Å². The van der Waals surface area contributed by atoms with E-state index in [0.717, 1.165) is 4.90 Å². The molecule has 3 amide bonds. The van der Waals surface area contributed by atoms with Crippen LogP contribution in [-0.2, 0) is 16.1 Å². The zero-order valence-electron chi connectivity index (χ0n) is 16.6. The van der Waals surface area contributed by atoms with Crippen molar-refractivity contribution in [2.24, 2.45) is 0 Å². The number of ether oxygens (including phenoxy) is 1. The van der Waals surface area contributed by atoms with Gasteiger partial charge in [0.1, 0.15) is 12.4 Å². The number of fused-ring (bicyclic) bond motifs is 1. The van der Waals surface area contributed by atoms with Crippen LogP contribution < -0.4 is 4.90 Å². The minimum atomic E-state index is -0.411. The van der Waals surface area contributed by atoms with Crippen LogP contribution in [-0.4, -0.2) is 67.4 Å². The normalized spacial score (nSPS) is 16.3. The molecule has 2 aliphatic heterocycles. The quantitative estimate of drug-likeness (QED) is 0.703. The molecule has 0 spiro atoms. The van der Waals surface area contributed by atoms with Gasteiger partial charge < -0.3 is 14.5 Å². The summed E-state index contributed by atoms with van der Waals surface area (Å²) in [4.78, 5) is 42.9. The van der Waals surface area contributed by atoms with Crippen LogP contribution in [0.25, 0.3) is 0 Å². The topological polar surface area (TPSA) is 70.2 Å². The minimum Gasteiger partial charge on any atom is -0.375 e. The van der Waals surface area contributed by atoms with Gasteiger partial charge in [0.05, 0.1) is 23.4 Å². The Morgan fingerprint density at radius 2 is 1.77 bits per heavy atom. The van der Waals surface area contributed by atoms with Gasteiger partial charge in [-0.2, -0.15) is 0 Å². The SMILES string of the molecule is COCC(=O)N1CCN(c2cccc3c2C(=O)N(Cc2cccc(F)c2)C3=O)CC1. The number of halogens is 1. The second-order valence-electron chi connectivity index (χ2n) is 7.33. The molecule has 4 rings (SSSR count). The minimum absolute atomic E-state index is 0.0167. The molecule has 2 aromatic rings. The van der Waals surface area contributed by atoms with Gasteiger partial charge in [-0.1, -0.05) is 18.2 Å². The molecule has 156 valence electrons. The largest absolute Gasteiger partial charge is 0.375 e. The van der Waals surface area contributed by atoms with E-state index in [0.29, 0.717) is 48.6 Å². The van der Waals surface area contributed by atoms with Crippen LogP contribution in [0.15, 0.2) is 42.5 Å². The molecule has 1 fully saturated rings. The monoisotopic (exact) mass is 411 g/mol. The first-order chi connectivity index (χ1) is 14.5. The van der Waals surface area contributed by atoms with Gasteiger partial charge in [0.25, 0.3) is 11.8 Å². The lowest BCUT2D eigenvalue weighted by Crippen LogP contribution is -2.50. The van der Waals surface area contributed by atoms with Crippen molar-refractivity contribution in [3.05, 3.63) is 65.0 Å². The molecule has 7 nitrogen and oxygen atoms in total. The van der Waals surface area contributed by atoms with Gasteiger partial charge in [0.2, 0.25) is 5.91 Å². The van der Waals surface area contributed by atoms with Gasteiger partial charge >= 0.3 is 0 Å². The second-order valence-corrected chi connectivity index (χ2v) is 7.33. The van der Waals surface area contributed by atoms with Gasteiger partial charge in [0, 0.05) is 33.3 Å². The van der Waals surface area contributed by atoms with Crippen LogP contribution in [0, 0.1) is 5.82 Å². The number of carbonyl (C=O) groups excluding carboxylic acids is 3. The van der Waals surface area contributed by atoms with Crippen LogP contribution in [0.2, 0.25) is 0 Å². The van der Waals surface area contributed by atoms with E-state index in [4.69, 9.17) is 4.74 Å². The number of methoxy groups -OCH3 is 1. The first-order valence-corrected chi connectivity index (χ1v) is 9.75. The highest BCUT2D eigenvalue weighted by molar-refractivity contribution is 6.23. The first kappa shape index (κ1) is 20.0. The molecule has 30 heavy (non-hydrogen) atoms. The Morgan fingerprint density at radius 1 is 1.03 bits per heavy atom. The lowest BCUT2D eigenvalue weighted by atomic mass is 10.1. The third kappa shape index (κ3) is 3.66. The summed E-state index contributed by atoms with van der Waals surface area (Å²) in [5, 5.41) is 0. The molecule has 2 aromatic carbocycles. The number of carbonyl (C=O) groups is 3. The Morgan fingerprint density at radius 3 is 2.47 bits per heavy atom. The molecule has 0 N–H and O–H groups in total. The zero-order chi connectivity index (χ0) is 21.3. The standard InChI is InChI=1S/C22H22FN3O4/c1-30-14-19(27)25-10-8-24(9-11-25)18-7-3-6-17-20(18)22(29)26(21(17)28)13-15-4-2-5-16(23)12-15/h2-7,12H,8-11,13-14H2,1H3. The van der Waals surface area contributed by atoms with Gasteiger partial charge in [0.15, 0.2) is 0 Å². The van der Waals surface area contributed by atoms with Crippen molar-refractivity contribution in [2.45, 2.75) is 6.54 Å². The maximum absolute atomic E-state index is 13.5. The van der Waals surface area contributed by atoms with Crippen LogP contribution in [0.5, 0.6) is 0 Å². The van der Waals surface area contributed by atoms with E-state index < -0.39 is 5.82 Å². The van der Waals surface area contributed by atoms with E-state index in [-0.39, 0.29) is 30.9 Å². The summed E-state index contributed by atoms with van der Waals surface area (Å²) in [6.45, 7) is 2.20. The lowest BCUT2D eigenvalue weighted by molar-refractivity contribution is -0.135. The lowest BCUT2D eigenvalue weighted by Gasteiger charge is -2.36. The third-order valence-corrected chi connectivity index (χ3v) is 5.45. The first-order valence-electron chi connectivity index (χ1n) is 9.75. The van der Waals surface area contributed by atoms with Crippen LogP contribution in [0.4, 0.5) is 10.1 Å². The number of hydrogen-bond acceptors (Lipinski definition) is 5. The molecule has 0 bridgehead atoms. The fourth-order valence-corrected chi connectivity index (χ4v) is 3.95. The van der Waals surface area contributed by atoms with Crippen LogP contribution in [0.1, 0.15) is 26.3 Å². The number of nitrogens with zero attached hydrogens (tertiary/aromatic N) is 3. The highest BCUT2D eigenvalue weighted by Gasteiger charge is 2.38. The van der Waals surface area contributed by atoms with Crippen molar-refractivity contribution in [3.63, 3.8) is 0 Å². The van der Waals surface area contributed by atoms with Crippen molar-refractivity contribution in [1.29, 1.82) is 0 Å². The van der Waals surface area contributed by atoms with Crippen molar-refractivity contribution in [2.75, 3.05) is 44.8 Å². The zero-order valence-corrected chi connectivity index (χ0v) is 16.6. The smallest absolute Gasteiger partial charge is 0.263 e. The van der Waals surface area contributed by atoms with Gasteiger partial charge in [-0.25, -0.2) is 4.39 Å². The molecule has 2 aliphatic rings. The number of piperazine rings is 1. The Kier molecular flexibility index (Phi) is 5.50. The number of benzene rings is 2. The molecular formula is C22H22FN3O4. The molecule has 0 unspecified atom stereocenters. The number of rotatable bonds is 5. The average molecular weight is 411 g/mol. The van der Waals surface area contributed by atoms with E-state index in [1.54, 1.807) is 29.2 Å². The van der Waals surface area contributed by atoms with Crippen LogP contribution in [0.3, 0.4) is 0 Å². The van der Waals surface area contributed by atoms with Gasteiger partial charge in [-0.15, -0.1) is 0 Å². The van der Waals surface area contributed by atoms with Gasteiger partial charge in [-0.05, 0) is 29.8 Å². The van der Waals surface area contributed by atoms with Crippen molar-refractivity contribution in [3.8, 4) is 0 Å². The molecule has 0 atom stereocenters. The fourth-order valence-electron chi connectivity index (χ4n) is 3.95. The Bertz CT molecular complexity index is 1000. The number of hydrogen-bond donors (Lipinski definition) is 0. The van der Waals surface area contributed by atoms with E-state index in [9.17, 15) is 18.8 Å². The summed E-state index contributed by atoms with van der Waals surface area (Å²) >= 11 is 0. The van der Waals surface area contributed by atoms with Crippen molar-refractivity contribution < 1.29 is 23.5 Å². The molecule has 2 heterocycles. The number of imide groups is 1. The summed E-state index contributed by atoms with van der Waals surface area (Å²) in [6, 6.07) is 11.1. The average Bonchev–Trinajstić information content (AvgIpc) is 2.99. The van der Waals surface area contributed by atoms with Crippen molar-refractivity contribution >= 4 is 23.4 Å². The van der Waals surface area contributed by atoms with E-state index in [1.165, 1.54) is 19.2 Å². The number of amides is 3. The predicted molar refractivity (Wildman–Crippen MR) is 108 cm³/mol. The summed E-state index contributed by atoms with van der Waals surface area (Å²) in [5.74, 6) is -1.24. The molecule has 0 saturated carbocycles. The summed E-state index contributed by atoms with van der Waals surface area (Å²) in [7, 11) is 1.49. The fraction of sp³-hybridized carbons (Fsp3) is 0.318. The highest BCUT2D eigenvalue weighted by Crippen LogP contribution is 2.33. The van der Waals surface area contributed by atoms with Gasteiger partial charge in [-0.3, -0.25) is 19.3 Å². The maximum atomic E-state index is 13.5. The molecule has 0 radical (unpaired) electrons. The summed E-state index contributed by atoms with van der Waals surface area (Å²) < 4.78 is 18.4. The van der Waals surface area contributed by atoms with E-state index in [1.807, 2.05) is 11.0 Å². The predicted octanol–water partition coefficient (Wildman–Crippen LogP) is 1.92. The summed E-state index contributed by atoms with van der Waals surface area (Å²) in [5.41, 5.74) is 1.96. The second kappa shape index (κ2) is 8.23. The maximum Gasteiger partial charge on any atom is 0.263 e. The third-order valence-electron chi connectivity index (χ3n) is 5.45.